The number of aromatic hydroxyl groups is 1. The van der Waals surface area contributed by atoms with Crippen LogP contribution in [0.5, 0.6) is 5.75 Å². The first-order valence-electron chi connectivity index (χ1n) is 7.86. The lowest BCUT2D eigenvalue weighted by molar-refractivity contribution is -0.295. The fraction of sp³-hybridized carbons (Fsp3) is 0.500. The van der Waals surface area contributed by atoms with Crippen LogP contribution in [0.4, 0.5) is 0 Å². The number of carbonyl (C=O) groups is 1. The minimum absolute atomic E-state index is 0.00185. The highest BCUT2D eigenvalue weighted by Crippen LogP contribution is 2.41. The van der Waals surface area contributed by atoms with Gasteiger partial charge in [0.2, 0.25) is 0 Å². The van der Waals surface area contributed by atoms with Gasteiger partial charge in [-0.05, 0) is 33.3 Å². The molecule has 0 amide bonds. The maximum absolute atomic E-state index is 11.4. The van der Waals surface area contributed by atoms with Gasteiger partial charge in [-0.1, -0.05) is 24.3 Å². The van der Waals surface area contributed by atoms with E-state index < -0.39 is 5.79 Å². The van der Waals surface area contributed by atoms with Gasteiger partial charge in [0, 0.05) is 17.6 Å². The largest absolute Gasteiger partial charge is 0.508 e. The fourth-order valence-electron chi connectivity index (χ4n) is 2.60. The zero-order valence-corrected chi connectivity index (χ0v) is 13.8. The van der Waals surface area contributed by atoms with Crippen LogP contribution in [-0.2, 0) is 19.0 Å². The Labute approximate surface area is 136 Å². The first-order chi connectivity index (χ1) is 10.9. The maximum atomic E-state index is 11.4. The van der Waals surface area contributed by atoms with Crippen LogP contribution in [-0.4, -0.2) is 30.1 Å². The molecule has 0 radical (unpaired) electrons. The zero-order chi connectivity index (χ0) is 16.9. The number of hydrogen-bond donors (Lipinski definition) is 1. The Hall–Kier alpha value is -1.85. The predicted octanol–water partition coefficient (Wildman–Crippen LogP) is 3.34. The number of ether oxygens (including phenoxy) is 3. The normalized spacial score (nSPS) is 23.8. The molecule has 2 rings (SSSR count). The highest BCUT2D eigenvalue weighted by Gasteiger charge is 2.37. The third-order valence-corrected chi connectivity index (χ3v) is 3.71. The number of esters is 1. The number of phenols is 1. The number of carbonyl (C=O) groups excluding carboxylic acids is 1. The summed E-state index contributed by atoms with van der Waals surface area (Å²) in [5.74, 6) is -0.866. The molecule has 0 unspecified atom stereocenters. The van der Waals surface area contributed by atoms with Crippen LogP contribution in [0.25, 0.3) is 0 Å². The highest BCUT2D eigenvalue weighted by atomic mass is 16.7. The minimum Gasteiger partial charge on any atom is -0.508 e. The van der Waals surface area contributed by atoms with E-state index in [0.29, 0.717) is 19.6 Å². The monoisotopic (exact) mass is 320 g/mol. The summed E-state index contributed by atoms with van der Waals surface area (Å²) in [6.07, 6.45) is 3.48. The molecule has 1 N–H and O–H groups in total. The molecule has 1 fully saturated rings. The molecule has 5 nitrogen and oxygen atoms in total. The van der Waals surface area contributed by atoms with Crippen molar-refractivity contribution < 1.29 is 24.1 Å². The molecule has 126 valence electrons. The van der Waals surface area contributed by atoms with Gasteiger partial charge in [-0.15, -0.1) is 0 Å². The lowest BCUT2D eigenvalue weighted by atomic mass is 9.91. The van der Waals surface area contributed by atoms with Crippen LogP contribution >= 0.6 is 0 Å². The Morgan fingerprint density at radius 1 is 1.43 bits per heavy atom. The van der Waals surface area contributed by atoms with Crippen molar-refractivity contribution in [1.82, 2.24) is 0 Å². The first kappa shape index (κ1) is 17.5. The summed E-state index contributed by atoms with van der Waals surface area (Å²) in [5.41, 5.74) is 0.735. The summed E-state index contributed by atoms with van der Waals surface area (Å²) < 4.78 is 16.6. The summed E-state index contributed by atoms with van der Waals surface area (Å²) >= 11 is 0. The van der Waals surface area contributed by atoms with E-state index in [0.717, 1.165) is 5.56 Å². The third kappa shape index (κ3) is 4.81. The van der Waals surface area contributed by atoms with E-state index in [1.54, 1.807) is 25.1 Å². The Morgan fingerprint density at radius 3 is 2.87 bits per heavy atom. The van der Waals surface area contributed by atoms with Gasteiger partial charge in [0.05, 0.1) is 19.3 Å². The molecule has 1 aromatic rings. The van der Waals surface area contributed by atoms with Gasteiger partial charge in [-0.3, -0.25) is 0 Å². The average molecular weight is 320 g/mol. The molecule has 1 aromatic carbocycles. The quantitative estimate of drug-likeness (QED) is 0.666. The SMILES string of the molecule is CCOC(=O)/C=C/C[C@@H]1COC(C)(C)O[C@@H]1c1ccccc1O. The van der Waals surface area contributed by atoms with Crippen molar-refractivity contribution in [2.75, 3.05) is 13.2 Å². The van der Waals surface area contributed by atoms with Gasteiger partial charge < -0.3 is 19.3 Å². The van der Waals surface area contributed by atoms with E-state index >= 15 is 0 Å². The van der Waals surface area contributed by atoms with Crippen molar-refractivity contribution >= 4 is 5.97 Å². The number of rotatable bonds is 5. The van der Waals surface area contributed by atoms with Crippen LogP contribution in [0.15, 0.2) is 36.4 Å². The molecule has 0 spiro atoms. The number of hydrogen-bond acceptors (Lipinski definition) is 5. The van der Waals surface area contributed by atoms with Gasteiger partial charge in [0.1, 0.15) is 5.75 Å². The van der Waals surface area contributed by atoms with Crippen LogP contribution in [0, 0.1) is 5.92 Å². The van der Waals surface area contributed by atoms with E-state index in [1.807, 2.05) is 26.0 Å². The van der Waals surface area contributed by atoms with Gasteiger partial charge in [0.25, 0.3) is 0 Å². The number of allylic oxidation sites excluding steroid dienone is 1. The summed E-state index contributed by atoms with van der Waals surface area (Å²) in [6, 6.07) is 7.14. The van der Waals surface area contributed by atoms with Crippen LogP contribution in [0.3, 0.4) is 0 Å². The van der Waals surface area contributed by atoms with Gasteiger partial charge in [-0.25, -0.2) is 4.79 Å². The second-order valence-corrected chi connectivity index (χ2v) is 5.96. The van der Waals surface area contributed by atoms with Crippen LogP contribution in [0.2, 0.25) is 0 Å². The van der Waals surface area contributed by atoms with Gasteiger partial charge >= 0.3 is 5.97 Å². The van der Waals surface area contributed by atoms with Crippen molar-refractivity contribution in [3.05, 3.63) is 42.0 Å². The minimum atomic E-state index is -0.714. The average Bonchev–Trinajstić information content (AvgIpc) is 2.49. The maximum Gasteiger partial charge on any atom is 0.330 e. The first-order valence-corrected chi connectivity index (χ1v) is 7.86. The summed E-state index contributed by atoms with van der Waals surface area (Å²) in [4.78, 5) is 11.4. The Balaban J connectivity index is 2.13. The lowest BCUT2D eigenvalue weighted by Gasteiger charge is -2.41. The molecule has 0 aliphatic carbocycles. The van der Waals surface area contributed by atoms with Gasteiger partial charge in [0.15, 0.2) is 5.79 Å². The van der Waals surface area contributed by atoms with Gasteiger partial charge in [-0.2, -0.15) is 0 Å². The second kappa shape index (κ2) is 7.62. The van der Waals surface area contributed by atoms with Crippen molar-refractivity contribution in [3.63, 3.8) is 0 Å². The predicted molar refractivity (Wildman–Crippen MR) is 85.8 cm³/mol. The molecule has 1 aliphatic rings. The molecule has 0 bridgehead atoms. The molecule has 1 saturated heterocycles. The molecule has 2 atom stereocenters. The number of para-hydroxylation sites is 1. The number of benzene rings is 1. The third-order valence-electron chi connectivity index (χ3n) is 3.71. The Bertz CT molecular complexity index is 564. The standard InChI is InChI=1S/C18H24O5/c1-4-21-16(20)11-7-8-13-12-22-18(2,3)23-17(13)14-9-5-6-10-15(14)19/h5-7,9-11,13,17,19H,4,8,12H2,1-3H3/b11-7+/t13-,17+/m1/s1. The molecule has 0 aromatic heterocycles. The lowest BCUT2D eigenvalue weighted by Crippen LogP contribution is -2.41. The smallest absolute Gasteiger partial charge is 0.330 e. The fourth-order valence-corrected chi connectivity index (χ4v) is 2.60. The topological polar surface area (TPSA) is 65.0 Å². The Morgan fingerprint density at radius 2 is 2.17 bits per heavy atom. The van der Waals surface area contributed by atoms with Crippen molar-refractivity contribution in [3.8, 4) is 5.75 Å². The van der Waals surface area contributed by atoms with E-state index in [-0.39, 0.29) is 23.7 Å². The molecule has 23 heavy (non-hydrogen) atoms. The van der Waals surface area contributed by atoms with E-state index in [2.05, 4.69) is 0 Å². The molecule has 0 saturated carbocycles. The zero-order valence-electron chi connectivity index (χ0n) is 13.8. The highest BCUT2D eigenvalue weighted by molar-refractivity contribution is 5.81. The molecular weight excluding hydrogens is 296 g/mol. The molecule has 1 heterocycles. The number of phenolic OH excluding ortho intramolecular Hbond substituents is 1. The van der Waals surface area contributed by atoms with E-state index in [9.17, 15) is 9.90 Å². The summed E-state index contributed by atoms with van der Waals surface area (Å²) in [7, 11) is 0. The van der Waals surface area contributed by atoms with E-state index in [1.165, 1.54) is 6.08 Å². The van der Waals surface area contributed by atoms with Crippen LogP contribution < -0.4 is 0 Å². The summed E-state index contributed by atoms with van der Waals surface area (Å²) in [6.45, 7) is 6.31. The van der Waals surface area contributed by atoms with Crippen molar-refractivity contribution in [2.45, 2.75) is 39.1 Å². The molecular formula is C18H24O5. The van der Waals surface area contributed by atoms with Crippen molar-refractivity contribution in [1.29, 1.82) is 0 Å². The van der Waals surface area contributed by atoms with Crippen molar-refractivity contribution in [2.24, 2.45) is 5.92 Å². The van der Waals surface area contributed by atoms with E-state index in [4.69, 9.17) is 14.2 Å². The summed E-state index contributed by atoms with van der Waals surface area (Å²) in [5, 5.41) is 10.1. The second-order valence-electron chi connectivity index (χ2n) is 5.96. The molecule has 1 aliphatic heterocycles. The molecule has 5 heteroatoms. The Kier molecular flexibility index (Phi) is 5.80. The van der Waals surface area contributed by atoms with Crippen LogP contribution in [0.1, 0.15) is 38.9 Å².